The van der Waals surface area contributed by atoms with E-state index in [0.717, 1.165) is 0 Å². The highest BCUT2D eigenvalue weighted by Gasteiger charge is 2.50. The van der Waals surface area contributed by atoms with Gasteiger partial charge in [-0.3, -0.25) is 4.57 Å². The summed E-state index contributed by atoms with van der Waals surface area (Å²) in [6.45, 7) is 13.4. The monoisotopic (exact) mass is 346 g/mol. The molecule has 6 nitrogen and oxygen atoms in total. The molecule has 1 aliphatic rings. The third-order valence-corrected chi connectivity index (χ3v) is 4.62. The minimum Gasteiger partial charge on any atom is -0.443 e. The van der Waals surface area contributed by atoms with Crippen molar-refractivity contribution in [2.75, 3.05) is 0 Å². The Balaban J connectivity index is 2.14. The van der Waals surface area contributed by atoms with Gasteiger partial charge < -0.3 is 14.0 Å². The molecule has 0 N–H and O–H groups in total. The van der Waals surface area contributed by atoms with E-state index < -0.39 is 22.9 Å². The van der Waals surface area contributed by atoms with Gasteiger partial charge >= 0.3 is 13.2 Å². The lowest BCUT2D eigenvalue weighted by Gasteiger charge is -2.32. The van der Waals surface area contributed by atoms with E-state index in [4.69, 9.17) is 14.0 Å². The Morgan fingerprint density at radius 2 is 1.84 bits per heavy atom. The fourth-order valence-corrected chi connectivity index (χ4v) is 2.64. The molecule has 0 spiro atoms. The Morgan fingerprint density at radius 1 is 1.28 bits per heavy atom. The Morgan fingerprint density at radius 3 is 2.32 bits per heavy atom. The minimum absolute atomic E-state index is 0.376. The van der Waals surface area contributed by atoms with E-state index in [1.165, 1.54) is 4.57 Å². The summed E-state index contributed by atoms with van der Waals surface area (Å²) in [4.78, 5) is 12.4. The van der Waals surface area contributed by atoms with Crippen LogP contribution in [0.25, 0.3) is 0 Å². The highest BCUT2D eigenvalue weighted by atomic mass is 16.7. The first kappa shape index (κ1) is 19.5. The average molecular weight is 346 g/mol. The van der Waals surface area contributed by atoms with Crippen LogP contribution in [0.5, 0.6) is 0 Å². The van der Waals surface area contributed by atoms with Crippen LogP contribution in [0.2, 0.25) is 6.32 Å². The summed E-state index contributed by atoms with van der Waals surface area (Å²) < 4.78 is 18.8. The Hall–Kier alpha value is -1.78. The normalized spacial score (nSPS) is 18.9. The fourth-order valence-electron chi connectivity index (χ4n) is 2.64. The molecule has 1 fully saturated rings. The standard InChI is InChI=1S/C18H27BN2O4/c1-16(2,3)23-15(22)21-11-9-13(12-20)14(21)8-10-19-24-17(4,5)18(6,7)25-19/h9,11H,8,10H2,1-7H3. The van der Waals surface area contributed by atoms with Crippen LogP contribution in [0.15, 0.2) is 12.3 Å². The van der Waals surface area contributed by atoms with Crippen molar-refractivity contribution in [3.63, 3.8) is 0 Å². The van der Waals surface area contributed by atoms with Crippen molar-refractivity contribution in [2.45, 2.75) is 78.0 Å². The maximum absolute atomic E-state index is 12.4. The summed E-state index contributed by atoms with van der Waals surface area (Å²) in [5.41, 5.74) is -0.322. The lowest BCUT2D eigenvalue weighted by atomic mass is 9.82. The Kier molecular flexibility index (Phi) is 5.09. The first-order valence-corrected chi connectivity index (χ1v) is 8.55. The van der Waals surface area contributed by atoms with Gasteiger partial charge in [-0.1, -0.05) is 0 Å². The van der Waals surface area contributed by atoms with Gasteiger partial charge in [-0.05, 0) is 67.3 Å². The first-order chi connectivity index (χ1) is 11.4. The number of carbonyl (C=O) groups excluding carboxylic acids is 1. The number of hydrogen-bond donors (Lipinski definition) is 0. The third-order valence-electron chi connectivity index (χ3n) is 4.62. The second-order valence-corrected chi connectivity index (χ2v) is 8.36. The van der Waals surface area contributed by atoms with Crippen LogP contribution in [0.4, 0.5) is 4.79 Å². The number of nitrogens with zero attached hydrogens (tertiary/aromatic N) is 2. The van der Waals surface area contributed by atoms with E-state index in [1.54, 1.807) is 12.3 Å². The van der Waals surface area contributed by atoms with Crippen LogP contribution >= 0.6 is 0 Å². The van der Waals surface area contributed by atoms with Crippen LogP contribution in [-0.2, 0) is 20.5 Å². The Labute approximate surface area is 150 Å². The van der Waals surface area contributed by atoms with Gasteiger partial charge in [0.25, 0.3) is 0 Å². The van der Waals surface area contributed by atoms with Crippen molar-refractivity contribution in [3.8, 4) is 6.07 Å². The SMILES string of the molecule is CC(C)(C)OC(=O)n1ccc(C#N)c1CCB1OC(C)(C)C(C)(C)O1. The molecule has 1 aromatic rings. The number of hydrogen-bond acceptors (Lipinski definition) is 5. The highest BCUT2D eigenvalue weighted by molar-refractivity contribution is 6.45. The smallest absolute Gasteiger partial charge is 0.443 e. The predicted molar refractivity (Wildman–Crippen MR) is 95.4 cm³/mol. The minimum atomic E-state index is -0.600. The lowest BCUT2D eigenvalue weighted by Crippen LogP contribution is -2.41. The van der Waals surface area contributed by atoms with Gasteiger partial charge in [0, 0.05) is 11.9 Å². The van der Waals surface area contributed by atoms with Gasteiger partial charge in [0.15, 0.2) is 0 Å². The van der Waals surface area contributed by atoms with Crippen LogP contribution < -0.4 is 0 Å². The molecule has 1 saturated heterocycles. The molecule has 136 valence electrons. The van der Waals surface area contributed by atoms with E-state index in [0.29, 0.717) is 24.0 Å². The molecule has 25 heavy (non-hydrogen) atoms. The number of carbonyl (C=O) groups is 1. The largest absolute Gasteiger partial charge is 0.458 e. The van der Waals surface area contributed by atoms with Gasteiger partial charge in [-0.2, -0.15) is 5.26 Å². The van der Waals surface area contributed by atoms with Crippen molar-refractivity contribution in [3.05, 3.63) is 23.5 Å². The zero-order chi connectivity index (χ0) is 19.0. The molecule has 2 heterocycles. The van der Waals surface area contributed by atoms with E-state index in [9.17, 15) is 10.1 Å². The molecule has 1 aliphatic heterocycles. The van der Waals surface area contributed by atoms with E-state index in [-0.39, 0.29) is 7.12 Å². The van der Waals surface area contributed by atoms with E-state index in [2.05, 4.69) is 6.07 Å². The van der Waals surface area contributed by atoms with Crippen LogP contribution in [0, 0.1) is 11.3 Å². The molecule has 0 aromatic carbocycles. The summed E-state index contributed by atoms with van der Waals surface area (Å²) in [6.07, 6.45) is 2.12. The van der Waals surface area contributed by atoms with Crippen molar-refractivity contribution < 1.29 is 18.8 Å². The summed E-state index contributed by atoms with van der Waals surface area (Å²) in [5.74, 6) is 0. The predicted octanol–water partition coefficient (Wildman–Crippen LogP) is 3.78. The number of aromatic nitrogens is 1. The number of ether oxygens (including phenoxy) is 1. The Bertz CT molecular complexity index is 679. The average Bonchev–Trinajstić information content (AvgIpc) is 2.92. The van der Waals surface area contributed by atoms with Gasteiger partial charge in [0.05, 0.1) is 16.8 Å². The van der Waals surface area contributed by atoms with E-state index >= 15 is 0 Å². The van der Waals surface area contributed by atoms with Crippen molar-refractivity contribution in [2.24, 2.45) is 0 Å². The molecule has 1 aromatic heterocycles. The maximum Gasteiger partial charge on any atom is 0.458 e. The quantitative estimate of drug-likeness (QED) is 0.779. The maximum atomic E-state index is 12.4. The van der Waals surface area contributed by atoms with Crippen molar-refractivity contribution in [1.29, 1.82) is 5.26 Å². The molecule has 0 bridgehead atoms. The number of nitriles is 1. The third kappa shape index (κ3) is 4.25. The van der Waals surface area contributed by atoms with Gasteiger partial charge in [0.2, 0.25) is 0 Å². The molecule has 0 unspecified atom stereocenters. The summed E-state index contributed by atoms with van der Waals surface area (Å²) in [7, 11) is -0.376. The van der Waals surface area contributed by atoms with Crippen molar-refractivity contribution in [1.82, 2.24) is 4.57 Å². The van der Waals surface area contributed by atoms with Crippen molar-refractivity contribution >= 4 is 13.2 Å². The fraction of sp³-hybridized carbons (Fsp3) is 0.667. The molecule has 0 amide bonds. The lowest BCUT2D eigenvalue weighted by molar-refractivity contribution is 0.00578. The highest BCUT2D eigenvalue weighted by Crippen LogP contribution is 2.38. The van der Waals surface area contributed by atoms with Crippen LogP contribution in [0.3, 0.4) is 0 Å². The van der Waals surface area contributed by atoms with E-state index in [1.807, 2.05) is 48.5 Å². The van der Waals surface area contributed by atoms with Gasteiger partial charge in [-0.15, -0.1) is 0 Å². The molecule has 0 atom stereocenters. The topological polar surface area (TPSA) is 73.5 Å². The second kappa shape index (κ2) is 6.51. The van der Waals surface area contributed by atoms with Gasteiger partial charge in [0.1, 0.15) is 11.7 Å². The zero-order valence-electron chi connectivity index (χ0n) is 16.2. The second-order valence-electron chi connectivity index (χ2n) is 8.36. The van der Waals surface area contributed by atoms with Crippen LogP contribution in [-0.4, -0.2) is 34.6 Å². The molecule has 2 rings (SSSR count). The summed E-state index contributed by atoms with van der Waals surface area (Å²) in [6, 6.07) is 3.76. The summed E-state index contributed by atoms with van der Waals surface area (Å²) in [5, 5.41) is 9.33. The molecule has 7 heteroatoms. The molecule has 0 radical (unpaired) electrons. The molecule has 0 saturated carbocycles. The molecular formula is C18H27BN2O4. The van der Waals surface area contributed by atoms with Crippen LogP contribution in [0.1, 0.15) is 59.7 Å². The molecule has 0 aliphatic carbocycles. The zero-order valence-corrected chi connectivity index (χ0v) is 16.2. The molecular weight excluding hydrogens is 319 g/mol. The van der Waals surface area contributed by atoms with Gasteiger partial charge in [-0.25, -0.2) is 4.79 Å². The summed E-state index contributed by atoms with van der Waals surface area (Å²) >= 11 is 0. The first-order valence-electron chi connectivity index (χ1n) is 8.55. The number of rotatable bonds is 3.